The van der Waals surface area contributed by atoms with E-state index in [0.717, 1.165) is 51.9 Å². The lowest BCUT2D eigenvalue weighted by Gasteiger charge is -2.38. The number of nitrogens with zero attached hydrogens (tertiary/aromatic N) is 6. The van der Waals surface area contributed by atoms with Gasteiger partial charge in [-0.25, -0.2) is 9.97 Å². The second kappa shape index (κ2) is 26.9. The van der Waals surface area contributed by atoms with Gasteiger partial charge in [0.2, 0.25) is 0 Å². The van der Waals surface area contributed by atoms with E-state index in [1.165, 1.54) is 26.4 Å². The normalized spacial score (nSPS) is 18.1. The molecule has 19 nitrogen and oxygen atoms in total. The molecule has 0 spiro atoms. The summed E-state index contributed by atoms with van der Waals surface area (Å²) in [6.45, 7) is 6.21. The molecular formula is C46H60Cl2N12O7. The number of ether oxygens (including phenoxy) is 4. The third-order valence-corrected chi connectivity index (χ3v) is 12.0. The van der Waals surface area contributed by atoms with E-state index in [2.05, 4.69) is 53.2 Å². The number of likely N-dealkylation sites (tertiary alicyclic amines) is 2. The molecule has 0 aliphatic carbocycles. The van der Waals surface area contributed by atoms with E-state index in [1.54, 1.807) is 63.0 Å². The monoisotopic (exact) mass is 962 g/mol. The van der Waals surface area contributed by atoms with Gasteiger partial charge in [-0.05, 0) is 75.2 Å². The van der Waals surface area contributed by atoms with Crippen molar-refractivity contribution < 1.29 is 34.0 Å². The van der Waals surface area contributed by atoms with Crippen LogP contribution in [0.2, 0.25) is 10.0 Å². The minimum absolute atomic E-state index is 0. The zero-order valence-electron chi connectivity index (χ0n) is 38.1. The fourth-order valence-electron chi connectivity index (χ4n) is 7.79. The van der Waals surface area contributed by atoms with Gasteiger partial charge in [-0.2, -0.15) is 10.5 Å². The first kappa shape index (κ1) is 53.5. The first-order valence-electron chi connectivity index (χ1n) is 21.5. The maximum absolute atomic E-state index is 12.9. The van der Waals surface area contributed by atoms with Gasteiger partial charge in [0.15, 0.2) is 0 Å². The Kier molecular flexibility index (Phi) is 21.4. The Labute approximate surface area is 401 Å². The number of hydrogen-bond donors (Lipinski definition) is 6. The summed E-state index contributed by atoms with van der Waals surface area (Å²) in [4.78, 5) is 38.8. The second-order valence-corrected chi connectivity index (χ2v) is 16.4. The quantitative estimate of drug-likeness (QED) is 0.0602. The van der Waals surface area contributed by atoms with Crippen molar-refractivity contribution in [3.63, 3.8) is 0 Å². The molecular weight excluding hydrogens is 903 g/mol. The van der Waals surface area contributed by atoms with Crippen molar-refractivity contribution in [3.05, 3.63) is 93.2 Å². The number of aromatic nitrogens is 2. The lowest BCUT2D eigenvalue weighted by Crippen LogP contribution is -2.55. The Balaban J connectivity index is 0.000000288. The summed E-state index contributed by atoms with van der Waals surface area (Å²) in [6, 6.07) is 17.1. The van der Waals surface area contributed by atoms with E-state index in [4.69, 9.17) is 64.1 Å². The number of nitrogens with two attached hydrogens (primary N) is 2. The van der Waals surface area contributed by atoms with Crippen molar-refractivity contribution in [3.8, 4) is 23.6 Å². The molecule has 4 heterocycles. The van der Waals surface area contributed by atoms with Crippen molar-refractivity contribution in [2.24, 2.45) is 0 Å². The first-order valence-corrected chi connectivity index (χ1v) is 22.2. The topological polar surface area (TPSA) is 283 Å². The molecule has 10 N–H and O–H groups in total. The Morgan fingerprint density at radius 2 is 1.12 bits per heavy atom. The Morgan fingerprint density at radius 3 is 1.48 bits per heavy atom. The van der Waals surface area contributed by atoms with Gasteiger partial charge in [-0.3, -0.25) is 9.59 Å². The average molecular weight is 964 g/mol. The van der Waals surface area contributed by atoms with Crippen LogP contribution < -0.4 is 42.2 Å². The molecule has 4 aromatic rings. The zero-order chi connectivity index (χ0) is 47.6. The van der Waals surface area contributed by atoms with Crippen LogP contribution in [-0.4, -0.2) is 142 Å². The van der Waals surface area contributed by atoms with Crippen molar-refractivity contribution in [2.45, 2.75) is 50.0 Å². The van der Waals surface area contributed by atoms with Gasteiger partial charge in [0.25, 0.3) is 11.8 Å². The fourth-order valence-corrected chi connectivity index (χ4v) is 8.12. The molecule has 2 aromatic heterocycles. The third-order valence-electron chi connectivity index (χ3n) is 11.4. The van der Waals surface area contributed by atoms with Gasteiger partial charge in [-0.15, -0.1) is 0 Å². The molecule has 0 saturated carbocycles. The van der Waals surface area contributed by atoms with Crippen LogP contribution in [-0.2, 0) is 9.47 Å². The number of nitrogen functional groups attached to an aromatic ring is 2. The maximum Gasteiger partial charge on any atom is 0.255 e. The van der Waals surface area contributed by atoms with Crippen molar-refractivity contribution >= 4 is 58.0 Å². The number of halogens is 2. The molecule has 2 saturated heterocycles. The predicted molar refractivity (Wildman–Crippen MR) is 259 cm³/mol. The molecule has 67 heavy (non-hydrogen) atoms. The third kappa shape index (κ3) is 14.9. The molecule has 0 radical (unpaired) electrons. The highest BCUT2D eigenvalue weighted by atomic mass is 35.5. The Morgan fingerprint density at radius 1 is 0.716 bits per heavy atom. The van der Waals surface area contributed by atoms with Crippen LogP contribution >= 0.6 is 23.2 Å². The van der Waals surface area contributed by atoms with Crippen LogP contribution in [0.4, 0.5) is 23.0 Å². The van der Waals surface area contributed by atoms with Crippen LogP contribution in [0.5, 0.6) is 11.5 Å². The molecule has 2 aliphatic rings. The summed E-state index contributed by atoms with van der Waals surface area (Å²) in [6.07, 6.45) is 6.31. The largest absolute Gasteiger partial charge is 0.496 e. The van der Waals surface area contributed by atoms with Crippen molar-refractivity contribution in [1.82, 2.24) is 30.4 Å². The van der Waals surface area contributed by atoms with Crippen LogP contribution in [0.25, 0.3) is 0 Å². The number of amides is 2. The van der Waals surface area contributed by atoms with Gasteiger partial charge < -0.3 is 67.0 Å². The molecule has 4 atom stereocenters. The van der Waals surface area contributed by atoms with E-state index in [-0.39, 0.29) is 41.6 Å². The number of nitrogens with one attached hydrogen (secondary N) is 4. The number of pyridine rings is 2. The number of rotatable bonds is 18. The number of methoxy groups -OCH3 is 4. The lowest BCUT2D eigenvalue weighted by molar-refractivity contribution is 0.00637. The molecule has 2 aliphatic heterocycles. The smallest absolute Gasteiger partial charge is 0.255 e. The van der Waals surface area contributed by atoms with Crippen molar-refractivity contribution in [2.75, 3.05) is 103 Å². The van der Waals surface area contributed by atoms with Gasteiger partial charge in [0.05, 0.1) is 82.2 Å². The number of anilines is 4. The molecule has 2 amide bonds. The van der Waals surface area contributed by atoms with E-state index < -0.39 is 0 Å². The molecule has 0 bridgehead atoms. The van der Waals surface area contributed by atoms with Gasteiger partial charge in [0.1, 0.15) is 35.3 Å². The minimum atomic E-state index is -0.276. The van der Waals surface area contributed by atoms with E-state index in [1.807, 2.05) is 0 Å². The van der Waals surface area contributed by atoms with Gasteiger partial charge >= 0.3 is 0 Å². The summed E-state index contributed by atoms with van der Waals surface area (Å²) in [5.41, 5.74) is 14.1. The summed E-state index contributed by atoms with van der Waals surface area (Å²) >= 11 is 12.2. The number of nitriles is 2. The lowest BCUT2D eigenvalue weighted by atomic mass is 10.0. The summed E-state index contributed by atoms with van der Waals surface area (Å²) in [5, 5.41) is 31.5. The first-order chi connectivity index (χ1) is 31.9. The molecule has 4 unspecified atom stereocenters. The van der Waals surface area contributed by atoms with E-state index >= 15 is 0 Å². The summed E-state index contributed by atoms with van der Waals surface area (Å²) < 4.78 is 22.0. The molecule has 21 heteroatoms. The number of benzene rings is 2. The summed E-state index contributed by atoms with van der Waals surface area (Å²) in [5.74, 6) is 1.41. The molecule has 360 valence electrons. The zero-order valence-corrected chi connectivity index (χ0v) is 39.6. The van der Waals surface area contributed by atoms with Gasteiger partial charge in [-0.1, -0.05) is 23.2 Å². The predicted octanol–water partition coefficient (Wildman–Crippen LogP) is 4.21. The van der Waals surface area contributed by atoms with Gasteiger partial charge in [0, 0.05) is 78.0 Å². The Bertz CT molecular complexity index is 2190. The molecule has 2 aromatic carbocycles. The van der Waals surface area contributed by atoms with Crippen LogP contribution in [0.15, 0.2) is 60.9 Å². The number of piperidine rings is 2. The van der Waals surface area contributed by atoms with Crippen LogP contribution in [0, 0.1) is 22.7 Å². The average Bonchev–Trinajstić information content (AvgIpc) is 3.34. The highest BCUT2D eigenvalue weighted by Gasteiger charge is 2.33. The van der Waals surface area contributed by atoms with Crippen LogP contribution in [0.3, 0.4) is 0 Å². The van der Waals surface area contributed by atoms with E-state index in [0.29, 0.717) is 93.0 Å². The van der Waals surface area contributed by atoms with Crippen LogP contribution in [0.1, 0.15) is 57.5 Å². The number of hydrogen-bond acceptors (Lipinski definition) is 16. The number of carbonyl (C=O) groups excluding carboxylic acids is 2. The second-order valence-electron chi connectivity index (χ2n) is 15.6. The highest BCUT2D eigenvalue weighted by Crippen LogP contribution is 2.31. The molecule has 2 fully saturated rings. The fraction of sp³-hybridized carbons (Fsp3) is 0.435. The van der Waals surface area contributed by atoms with E-state index in [9.17, 15) is 9.59 Å². The standard InChI is InChI=1S/2C23H29ClN6O3.H2O/c2*1-32-20-12-18(26)17(24)11-16(20)23(31)29-19-6-10-30(14-21(19)33-2)9-4-8-28-22-15(13-25)5-3-7-27-22;/h2*3,5,7,11-12,19,21H,4,6,8-10,14,26H2,1-2H3,(H,27,28)(H,29,31);1H2. The minimum Gasteiger partial charge on any atom is -0.496 e. The Hall–Kier alpha value is -6.16. The summed E-state index contributed by atoms with van der Waals surface area (Å²) in [7, 11) is 6.28. The maximum atomic E-state index is 12.9. The SMILES string of the molecule is COc1cc(N)c(Cl)cc1C(=O)NC1CCN(CCCNc2ncccc2C#N)CC1OC.COc1cc(N)c(Cl)cc1C(=O)NC1CCN(CCCNc2ncccc2C#N)CC1OC.O. The number of carbonyl (C=O) groups is 2. The molecule has 6 rings (SSSR count). The van der Waals surface area contributed by atoms with Crippen molar-refractivity contribution in [1.29, 1.82) is 10.5 Å². The highest BCUT2D eigenvalue weighted by molar-refractivity contribution is 6.34.